The summed E-state index contributed by atoms with van der Waals surface area (Å²) in [6.07, 6.45) is 59.5. The molecule has 0 aliphatic carbocycles. The lowest BCUT2D eigenvalue weighted by Crippen LogP contribution is -2.18. The molecule has 1 unspecified atom stereocenters. The smallest absolute Gasteiger partial charge is 0.264 e. The molecular formula is C49H100O3S. The molecule has 0 rings (SSSR count). The maximum absolute atomic E-state index is 12.1. The quantitative estimate of drug-likeness (QED) is 0.0457. The van der Waals surface area contributed by atoms with E-state index in [4.69, 9.17) is 4.18 Å². The van der Waals surface area contributed by atoms with E-state index >= 15 is 0 Å². The number of hydrogen-bond donors (Lipinski definition) is 0. The Morgan fingerprint density at radius 3 is 0.736 bits per heavy atom. The summed E-state index contributed by atoms with van der Waals surface area (Å²) in [6.45, 7) is 6.89. The van der Waals surface area contributed by atoms with Crippen molar-refractivity contribution in [2.75, 3.05) is 6.26 Å². The van der Waals surface area contributed by atoms with Gasteiger partial charge in [-0.2, -0.15) is 8.42 Å². The molecule has 4 heteroatoms. The molecule has 0 aromatic heterocycles. The van der Waals surface area contributed by atoms with Crippen LogP contribution in [0.5, 0.6) is 0 Å². The summed E-state index contributed by atoms with van der Waals surface area (Å²) in [7, 11) is -3.40. The number of hydrogen-bond acceptors (Lipinski definition) is 3. The second-order valence-corrected chi connectivity index (χ2v) is 19.2. The summed E-state index contributed by atoms with van der Waals surface area (Å²) in [4.78, 5) is 0. The van der Waals surface area contributed by atoms with E-state index < -0.39 is 10.1 Å². The summed E-state index contributed by atoms with van der Waals surface area (Å²) < 4.78 is 29.7. The summed E-state index contributed by atoms with van der Waals surface area (Å²) >= 11 is 0. The summed E-state index contributed by atoms with van der Waals surface area (Å²) in [5.41, 5.74) is 0. The average molecular weight is 769 g/mol. The zero-order valence-electron chi connectivity index (χ0n) is 37.2. The molecule has 0 aromatic carbocycles. The molecule has 320 valence electrons. The topological polar surface area (TPSA) is 43.4 Å². The van der Waals surface area contributed by atoms with Gasteiger partial charge in [-0.15, -0.1) is 0 Å². The molecule has 0 N–H and O–H groups in total. The first kappa shape index (κ1) is 52.9. The van der Waals surface area contributed by atoms with E-state index in [0.717, 1.165) is 31.6 Å². The lowest BCUT2D eigenvalue weighted by Gasteiger charge is -2.19. The van der Waals surface area contributed by atoms with Crippen LogP contribution in [-0.4, -0.2) is 20.8 Å². The minimum absolute atomic E-state index is 0.126. The van der Waals surface area contributed by atoms with Crippen molar-refractivity contribution >= 4 is 10.1 Å². The Morgan fingerprint density at radius 1 is 0.302 bits per heavy atom. The molecule has 53 heavy (non-hydrogen) atoms. The van der Waals surface area contributed by atoms with Gasteiger partial charge < -0.3 is 0 Å². The third-order valence-electron chi connectivity index (χ3n) is 12.0. The van der Waals surface area contributed by atoms with Crippen LogP contribution in [0.3, 0.4) is 0 Å². The van der Waals surface area contributed by atoms with E-state index in [1.165, 1.54) is 257 Å². The van der Waals surface area contributed by atoms with Gasteiger partial charge in [-0.1, -0.05) is 284 Å². The first-order chi connectivity index (χ1) is 25.9. The van der Waals surface area contributed by atoms with E-state index in [-0.39, 0.29) is 6.10 Å². The minimum Gasteiger partial charge on any atom is -0.267 e. The second-order valence-electron chi connectivity index (χ2n) is 17.6. The highest BCUT2D eigenvalue weighted by Gasteiger charge is 2.16. The highest BCUT2D eigenvalue weighted by Crippen LogP contribution is 2.26. The Hall–Kier alpha value is -0.0900. The van der Waals surface area contributed by atoms with Crippen molar-refractivity contribution in [3.05, 3.63) is 0 Å². The van der Waals surface area contributed by atoms with Gasteiger partial charge in [0.15, 0.2) is 0 Å². The van der Waals surface area contributed by atoms with Gasteiger partial charge in [0.1, 0.15) is 0 Å². The minimum atomic E-state index is -3.40. The van der Waals surface area contributed by atoms with Crippen LogP contribution < -0.4 is 0 Å². The molecule has 0 fully saturated rings. The summed E-state index contributed by atoms with van der Waals surface area (Å²) in [5, 5.41) is 0. The zero-order chi connectivity index (χ0) is 38.8. The molecule has 0 aliphatic rings. The van der Waals surface area contributed by atoms with Gasteiger partial charge in [-0.25, -0.2) is 0 Å². The molecule has 0 amide bonds. The van der Waals surface area contributed by atoms with Crippen LogP contribution in [0, 0.1) is 5.92 Å². The third kappa shape index (κ3) is 44.5. The Kier molecular flexibility index (Phi) is 43.0. The molecule has 0 saturated heterocycles. The molecule has 0 heterocycles. The lowest BCUT2D eigenvalue weighted by molar-refractivity contribution is 0.180. The third-order valence-corrected chi connectivity index (χ3v) is 12.6. The van der Waals surface area contributed by atoms with Crippen LogP contribution in [0.25, 0.3) is 0 Å². The fourth-order valence-corrected chi connectivity index (χ4v) is 9.17. The first-order valence-electron chi connectivity index (χ1n) is 24.8. The van der Waals surface area contributed by atoms with Gasteiger partial charge in [0.05, 0.1) is 12.4 Å². The van der Waals surface area contributed by atoms with Crippen molar-refractivity contribution in [1.82, 2.24) is 0 Å². The van der Waals surface area contributed by atoms with Gasteiger partial charge in [-0.05, 0) is 18.8 Å². The van der Waals surface area contributed by atoms with Crippen LogP contribution in [0.1, 0.15) is 297 Å². The van der Waals surface area contributed by atoms with Gasteiger partial charge >= 0.3 is 0 Å². The van der Waals surface area contributed by atoms with Crippen LogP contribution in [0.15, 0.2) is 0 Å². The zero-order valence-corrected chi connectivity index (χ0v) is 38.0. The molecule has 0 spiro atoms. The van der Waals surface area contributed by atoms with Crippen LogP contribution in [-0.2, 0) is 14.3 Å². The lowest BCUT2D eigenvalue weighted by atomic mass is 9.89. The predicted molar refractivity (Wildman–Crippen MR) is 239 cm³/mol. The highest BCUT2D eigenvalue weighted by atomic mass is 32.2. The highest BCUT2D eigenvalue weighted by molar-refractivity contribution is 7.86. The maximum atomic E-state index is 12.1. The summed E-state index contributed by atoms with van der Waals surface area (Å²) in [5.74, 6) is 0.854. The van der Waals surface area contributed by atoms with E-state index in [1.807, 2.05) is 0 Å². The Labute approximate surface area is 336 Å². The van der Waals surface area contributed by atoms with Crippen LogP contribution >= 0.6 is 0 Å². The van der Waals surface area contributed by atoms with Gasteiger partial charge in [0.2, 0.25) is 0 Å². The van der Waals surface area contributed by atoms with Gasteiger partial charge in [0.25, 0.3) is 10.1 Å². The fourth-order valence-electron chi connectivity index (χ4n) is 8.49. The fraction of sp³-hybridized carbons (Fsp3) is 1.00. The van der Waals surface area contributed by atoms with E-state index in [9.17, 15) is 8.42 Å². The van der Waals surface area contributed by atoms with Crippen molar-refractivity contribution in [3.8, 4) is 0 Å². The predicted octanol–water partition coefficient (Wildman–Crippen LogP) is 17.8. The van der Waals surface area contributed by atoms with Crippen molar-refractivity contribution in [3.63, 3.8) is 0 Å². The monoisotopic (exact) mass is 769 g/mol. The number of unbranched alkanes of at least 4 members (excludes halogenated alkanes) is 34. The van der Waals surface area contributed by atoms with Crippen molar-refractivity contribution in [1.29, 1.82) is 0 Å². The Bertz CT molecular complexity index is 753. The standard InChI is InChI=1S/C49H100O3S/c1-5-8-11-14-17-20-23-26-29-32-35-38-43-48(44-39-36-33-30-27-24-21-18-15-12-9-6-2)45-41-42-47-49(52-53(4,50)51)46-40-37-34-31-28-25-22-19-16-13-10-7-3/h48-49H,5-47H2,1-4H3. The molecule has 1 atom stereocenters. The van der Waals surface area contributed by atoms with Crippen molar-refractivity contribution in [2.24, 2.45) is 5.92 Å². The SMILES string of the molecule is CCCCCCCCCCCCCCC(CCCCCCCCCCCCCC)CCCCC(CCCCCCCCCCCCCC)OS(C)(=O)=O. The summed E-state index contributed by atoms with van der Waals surface area (Å²) in [6, 6.07) is 0. The second kappa shape index (κ2) is 43.0. The van der Waals surface area contributed by atoms with Crippen molar-refractivity contribution < 1.29 is 12.6 Å². The molecular weight excluding hydrogens is 669 g/mol. The average Bonchev–Trinajstić information content (AvgIpc) is 3.13. The van der Waals surface area contributed by atoms with E-state index in [0.29, 0.717) is 0 Å². The molecule has 0 aromatic rings. The molecule has 0 radical (unpaired) electrons. The Balaban J connectivity index is 4.40. The maximum Gasteiger partial charge on any atom is 0.264 e. The molecule has 3 nitrogen and oxygen atoms in total. The van der Waals surface area contributed by atoms with E-state index in [1.54, 1.807) is 0 Å². The molecule has 0 aliphatic heterocycles. The first-order valence-corrected chi connectivity index (χ1v) is 26.6. The van der Waals surface area contributed by atoms with Crippen molar-refractivity contribution in [2.45, 2.75) is 303 Å². The number of rotatable bonds is 46. The van der Waals surface area contributed by atoms with Gasteiger partial charge in [0, 0.05) is 0 Å². The van der Waals surface area contributed by atoms with Gasteiger partial charge in [-0.3, -0.25) is 4.18 Å². The van der Waals surface area contributed by atoms with E-state index in [2.05, 4.69) is 20.8 Å². The van der Waals surface area contributed by atoms with Crippen LogP contribution in [0.4, 0.5) is 0 Å². The normalized spacial score (nSPS) is 12.7. The largest absolute Gasteiger partial charge is 0.267 e. The molecule has 0 saturated carbocycles. The molecule has 0 bridgehead atoms. The Morgan fingerprint density at radius 2 is 0.491 bits per heavy atom. The van der Waals surface area contributed by atoms with Crippen LogP contribution in [0.2, 0.25) is 0 Å².